The normalized spacial score (nSPS) is 13.6. The molecule has 0 saturated heterocycles. The summed E-state index contributed by atoms with van der Waals surface area (Å²) in [4.78, 5) is 5.49. The van der Waals surface area contributed by atoms with Crippen LogP contribution >= 0.6 is 0 Å². The molecule has 5 heteroatoms. The van der Waals surface area contributed by atoms with Gasteiger partial charge in [-0.2, -0.15) is 14.3 Å². The Kier molecular flexibility index (Phi) is 6.36. The SMILES string of the molecule is CC(CCc1ccc(OC(F)F)cc1)NOC(C)(C)C. The molecule has 0 aromatic heterocycles. The minimum Gasteiger partial charge on any atom is -0.435 e. The Morgan fingerprint density at radius 2 is 1.75 bits per heavy atom. The predicted octanol–water partition coefficient (Wildman–Crippen LogP) is 3.93. The van der Waals surface area contributed by atoms with Gasteiger partial charge in [0, 0.05) is 6.04 Å². The fraction of sp³-hybridized carbons (Fsp3) is 0.600. The van der Waals surface area contributed by atoms with Crippen molar-refractivity contribution in [1.29, 1.82) is 0 Å². The topological polar surface area (TPSA) is 30.5 Å². The molecule has 0 saturated carbocycles. The van der Waals surface area contributed by atoms with Crippen LogP contribution in [0.4, 0.5) is 8.78 Å². The standard InChI is InChI=1S/C15H23F2NO2/c1-11(18-20-15(2,3)4)5-6-12-7-9-13(10-8-12)19-14(16)17/h7-11,14,18H,5-6H2,1-4H3. The summed E-state index contributed by atoms with van der Waals surface area (Å²) in [5.74, 6) is 0.186. The molecule has 1 aromatic carbocycles. The van der Waals surface area contributed by atoms with Gasteiger partial charge in [-0.3, -0.25) is 4.84 Å². The monoisotopic (exact) mass is 287 g/mol. The Bertz CT molecular complexity index is 388. The Balaban J connectivity index is 2.34. The van der Waals surface area contributed by atoms with Crippen LogP contribution in [0.5, 0.6) is 5.75 Å². The maximum Gasteiger partial charge on any atom is 0.387 e. The zero-order valence-corrected chi connectivity index (χ0v) is 12.5. The molecular weight excluding hydrogens is 264 g/mol. The first-order chi connectivity index (χ1) is 9.26. The Morgan fingerprint density at radius 3 is 2.25 bits per heavy atom. The number of hydrogen-bond donors (Lipinski definition) is 1. The lowest BCUT2D eigenvalue weighted by Gasteiger charge is -2.23. The second-order valence-electron chi connectivity index (χ2n) is 5.79. The highest BCUT2D eigenvalue weighted by molar-refractivity contribution is 5.27. The van der Waals surface area contributed by atoms with Gasteiger partial charge in [-0.25, -0.2) is 0 Å². The maximum absolute atomic E-state index is 12.0. The molecule has 0 aliphatic rings. The largest absolute Gasteiger partial charge is 0.435 e. The van der Waals surface area contributed by atoms with E-state index in [1.807, 2.05) is 27.7 Å². The first-order valence-corrected chi connectivity index (χ1v) is 6.73. The number of aryl methyl sites for hydroxylation is 1. The summed E-state index contributed by atoms with van der Waals surface area (Å²) in [6, 6.07) is 6.94. The lowest BCUT2D eigenvalue weighted by molar-refractivity contribution is -0.0867. The third-order valence-corrected chi connectivity index (χ3v) is 2.58. The summed E-state index contributed by atoms with van der Waals surface area (Å²) in [6.07, 6.45) is 1.74. The molecule has 1 atom stereocenters. The van der Waals surface area contributed by atoms with E-state index >= 15 is 0 Å². The molecule has 1 rings (SSSR count). The average molecular weight is 287 g/mol. The smallest absolute Gasteiger partial charge is 0.387 e. The van der Waals surface area contributed by atoms with E-state index in [0.717, 1.165) is 18.4 Å². The summed E-state index contributed by atoms with van der Waals surface area (Å²) in [5, 5.41) is 0. The van der Waals surface area contributed by atoms with Gasteiger partial charge in [-0.1, -0.05) is 12.1 Å². The predicted molar refractivity (Wildman–Crippen MR) is 74.8 cm³/mol. The molecule has 0 aliphatic heterocycles. The minimum absolute atomic E-state index is 0.186. The minimum atomic E-state index is -2.78. The van der Waals surface area contributed by atoms with Crippen LogP contribution in [0.15, 0.2) is 24.3 Å². The van der Waals surface area contributed by atoms with E-state index in [1.165, 1.54) is 0 Å². The van der Waals surface area contributed by atoms with Gasteiger partial charge in [0.2, 0.25) is 0 Å². The Morgan fingerprint density at radius 1 is 1.15 bits per heavy atom. The number of ether oxygens (including phenoxy) is 1. The first-order valence-electron chi connectivity index (χ1n) is 6.73. The summed E-state index contributed by atoms with van der Waals surface area (Å²) in [7, 11) is 0. The Labute approximate surface area is 119 Å². The first kappa shape index (κ1) is 16.9. The van der Waals surface area contributed by atoms with Crippen molar-refractivity contribution in [2.24, 2.45) is 0 Å². The van der Waals surface area contributed by atoms with E-state index in [0.29, 0.717) is 0 Å². The van der Waals surface area contributed by atoms with Crippen LogP contribution in [0.25, 0.3) is 0 Å². The Hall–Kier alpha value is -1.20. The molecular formula is C15H23F2NO2. The summed E-state index contributed by atoms with van der Waals surface area (Å²) >= 11 is 0. The molecule has 1 unspecified atom stereocenters. The highest BCUT2D eigenvalue weighted by Gasteiger charge is 2.12. The van der Waals surface area contributed by atoms with E-state index in [-0.39, 0.29) is 17.4 Å². The van der Waals surface area contributed by atoms with E-state index in [4.69, 9.17) is 4.84 Å². The highest BCUT2D eigenvalue weighted by Crippen LogP contribution is 2.16. The van der Waals surface area contributed by atoms with E-state index in [9.17, 15) is 8.78 Å². The quantitative estimate of drug-likeness (QED) is 0.771. The van der Waals surface area contributed by atoms with Gasteiger partial charge in [0.1, 0.15) is 5.75 Å². The molecule has 0 bridgehead atoms. The lowest BCUT2D eigenvalue weighted by Crippen LogP contribution is -2.35. The van der Waals surface area contributed by atoms with Crippen molar-refractivity contribution < 1.29 is 18.4 Å². The molecule has 0 amide bonds. The molecule has 3 nitrogen and oxygen atoms in total. The summed E-state index contributed by atoms with van der Waals surface area (Å²) in [5.41, 5.74) is 3.87. The third kappa shape index (κ3) is 7.40. The van der Waals surface area contributed by atoms with Crippen LogP contribution in [0.2, 0.25) is 0 Å². The van der Waals surface area contributed by atoms with Crippen LogP contribution in [0.1, 0.15) is 39.7 Å². The molecule has 1 N–H and O–H groups in total. The number of hydrogen-bond acceptors (Lipinski definition) is 3. The molecule has 114 valence electrons. The van der Waals surface area contributed by atoms with Crippen molar-refractivity contribution in [3.63, 3.8) is 0 Å². The number of nitrogens with one attached hydrogen (secondary N) is 1. The summed E-state index contributed by atoms with van der Waals surface area (Å²) in [6.45, 7) is 5.21. The lowest BCUT2D eigenvalue weighted by atomic mass is 10.1. The van der Waals surface area contributed by atoms with Crippen LogP contribution < -0.4 is 10.2 Å². The van der Waals surface area contributed by atoms with Crippen LogP contribution in [-0.2, 0) is 11.3 Å². The second-order valence-corrected chi connectivity index (χ2v) is 5.79. The highest BCUT2D eigenvalue weighted by atomic mass is 19.3. The molecule has 0 aliphatic carbocycles. The molecule has 0 fully saturated rings. The zero-order chi connectivity index (χ0) is 15.2. The van der Waals surface area contributed by atoms with Gasteiger partial charge in [-0.05, 0) is 58.2 Å². The van der Waals surface area contributed by atoms with Crippen molar-refractivity contribution in [3.05, 3.63) is 29.8 Å². The molecule has 0 radical (unpaired) electrons. The van der Waals surface area contributed by atoms with Crippen molar-refractivity contribution in [1.82, 2.24) is 5.48 Å². The van der Waals surface area contributed by atoms with Crippen molar-refractivity contribution in [2.45, 2.75) is 58.8 Å². The fourth-order valence-corrected chi connectivity index (χ4v) is 1.56. The van der Waals surface area contributed by atoms with Gasteiger partial charge in [0.05, 0.1) is 5.60 Å². The maximum atomic E-state index is 12.0. The number of halogens is 2. The average Bonchev–Trinajstić information content (AvgIpc) is 2.34. The zero-order valence-electron chi connectivity index (χ0n) is 12.5. The van der Waals surface area contributed by atoms with Crippen LogP contribution in [-0.4, -0.2) is 18.3 Å². The number of hydroxylamine groups is 1. The van der Waals surface area contributed by atoms with Gasteiger partial charge in [0.15, 0.2) is 0 Å². The summed E-state index contributed by atoms with van der Waals surface area (Å²) < 4.78 is 28.3. The van der Waals surface area contributed by atoms with E-state index in [2.05, 4.69) is 10.2 Å². The van der Waals surface area contributed by atoms with Gasteiger partial charge in [-0.15, -0.1) is 0 Å². The molecule has 1 aromatic rings. The number of rotatable bonds is 7. The fourth-order valence-electron chi connectivity index (χ4n) is 1.56. The molecule has 0 heterocycles. The second kappa shape index (κ2) is 7.55. The van der Waals surface area contributed by atoms with E-state index in [1.54, 1.807) is 24.3 Å². The van der Waals surface area contributed by atoms with Crippen molar-refractivity contribution >= 4 is 0 Å². The van der Waals surface area contributed by atoms with Gasteiger partial charge < -0.3 is 4.74 Å². The van der Waals surface area contributed by atoms with Crippen molar-refractivity contribution in [2.75, 3.05) is 0 Å². The number of benzene rings is 1. The van der Waals surface area contributed by atoms with Gasteiger partial charge >= 0.3 is 6.61 Å². The van der Waals surface area contributed by atoms with Crippen LogP contribution in [0, 0.1) is 0 Å². The van der Waals surface area contributed by atoms with Crippen molar-refractivity contribution in [3.8, 4) is 5.75 Å². The van der Waals surface area contributed by atoms with E-state index < -0.39 is 6.61 Å². The third-order valence-electron chi connectivity index (χ3n) is 2.58. The molecule has 0 spiro atoms. The molecule has 20 heavy (non-hydrogen) atoms. The van der Waals surface area contributed by atoms with Crippen LogP contribution in [0.3, 0.4) is 0 Å². The van der Waals surface area contributed by atoms with Gasteiger partial charge in [0.25, 0.3) is 0 Å². The number of alkyl halides is 2.